The minimum Gasteiger partial charge on any atom is -0.389 e. The summed E-state index contributed by atoms with van der Waals surface area (Å²) in [7, 11) is 0. The molecule has 1 aromatic carbocycles. The molecule has 1 aliphatic heterocycles. The van der Waals surface area contributed by atoms with Gasteiger partial charge < -0.3 is 10.6 Å². The van der Waals surface area contributed by atoms with Gasteiger partial charge in [-0.2, -0.15) is 0 Å². The monoisotopic (exact) mass is 276 g/mol. The minimum absolute atomic E-state index is 0.208. The van der Waals surface area contributed by atoms with Crippen molar-refractivity contribution in [3.05, 3.63) is 35.4 Å². The van der Waals surface area contributed by atoms with E-state index in [0.29, 0.717) is 23.4 Å². The van der Waals surface area contributed by atoms with Crippen LogP contribution in [0.2, 0.25) is 0 Å². The first-order chi connectivity index (χ1) is 8.97. The number of thiocarbonyl (C=S) groups is 1. The number of benzene rings is 1. The van der Waals surface area contributed by atoms with E-state index in [1.165, 1.54) is 0 Å². The second-order valence-corrected chi connectivity index (χ2v) is 5.91. The van der Waals surface area contributed by atoms with E-state index in [4.69, 9.17) is 18.0 Å². The van der Waals surface area contributed by atoms with Crippen LogP contribution in [0.15, 0.2) is 24.3 Å². The summed E-state index contributed by atoms with van der Waals surface area (Å²) in [6, 6.07) is 7.97. The highest BCUT2D eigenvalue weighted by Gasteiger charge is 2.29. The first-order valence-electron chi connectivity index (χ1n) is 6.65. The van der Waals surface area contributed by atoms with Crippen molar-refractivity contribution in [3.8, 4) is 0 Å². The molecule has 0 aliphatic carbocycles. The summed E-state index contributed by atoms with van der Waals surface area (Å²) >= 11 is 4.91. The maximum Gasteiger partial charge on any atom is 0.227 e. The van der Waals surface area contributed by atoms with Crippen molar-refractivity contribution < 1.29 is 4.79 Å². The van der Waals surface area contributed by atoms with Crippen LogP contribution in [0.4, 0.5) is 0 Å². The molecule has 1 fully saturated rings. The van der Waals surface area contributed by atoms with Crippen molar-refractivity contribution in [1.29, 1.82) is 0 Å². The lowest BCUT2D eigenvalue weighted by atomic mass is 10.1. The largest absolute Gasteiger partial charge is 0.389 e. The van der Waals surface area contributed by atoms with Crippen LogP contribution in [0.5, 0.6) is 0 Å². The molecule has 0 aromatic heterocycles. The van der Waals surface area contributed by atoms with Gasteiger partial charge in [0.25, 0.3) is 0 Å². The molecule has 4 heteroatoms. The predicted molar refractivity (Wildman–Crippen MR) is 81.0 cm³/mol. The van der Waals surface area contributed by atoms with E-state index in [9.17, 15) is 4.79 Å². The molecule has 102 valence electrons. The molecule has 19 heavy (non-hydrogen) atoms. The molecule has 1 saturated heterocycles. The molecule has 2 atom stereocenters. The van der Waals surface area contributed by atoms with Crippen LogP contribution in [0, 0.1) is 5.92 Å². The third kappa shape index (κ3) is 3.32. The quantitative estimate of drug-likeness (QED) is 0.860. The molecule has 1 aromatic rings. The van der Waals surface area contributed by atoms with Gasteiger partial charge in [0.05, 0.1) is 6.42 Å². The van der Waals surface area contributed by atoms with E-state index in [0.717, 1.165) is 24.1 Å². The summed E-state index contributed by atoms with van der Waals surface area (Å²) in [6.07, 6.45) is 1.56. The Bertz CT molecular complexity index is 483. The lowest BCUT2D eigenvalue weighted by Crippen LogP contribution is -2.35. The number of nitrogens with zero attached hydrogens (tertiary/aromatic N) is 1. The summed E-state index contributed by atoms with van der Waals surface area (Å²) in [5.41, 5.74) is 7.41. The van der Waals surface area contributed by atoms with E-state index in [1.54, 1.807) is 0 Å². The fraction of sp³-hybridized carbons (Fsp3) is 0.467. The SMILES string of the molecule is CC1CC(C)N(C(=O)Cc2ccc(C(N)=S)cc2)C1. The topological polar surface area (TPSA) is 46.3 Å². The third-order valence-electron chi connectivity index (χ3n) is 3.70. The molecule has 0 spiro atoms. The van der Waals surface area contributed by atoms with E-state index in [2.05, 4.69) is 13.8 Å². The van der Waals surface area contributed by atoms with Crippen molar-refractivity contribution in [3.63, 3.8) is 0 Å². The summed E-state index contributed by atoms with van der Waals surface area (Å²) in [5, 5.41) is 0. The summed E-state index contributed by atoms with van der Waals surface area (Å²) in [6.45, 7) is 5.20. The van der Waals surface area contributed by atoms with Crippen LogP contribution >= 0.6 is 12.2 Å². The van der Waals surface area contributed by atoms with E-state index in [1.807, 2.05) is 29.2 Å². The molecule has 0 bridgehead atoms. The number of nitrogens with two attached hydrogens (primary N) is 1. The number of hydrogen-bond donors (Lipinski definition) is 1. The molecular formula is C15H20N2OS. The first-order valence-corrected chi connectivity index (χ1v) is 7.06. The van der Waals surface area contributed by atoms with Crippen LogP contribution in [0.3, 0.4) is 0 Å². The molecular weight excluding hydrogens is 256 g/mol. The van der Waals surface area contributed by atoms with Crippen molar-refractivity contribution in [1.82, 2.24) is 4.90 Å². The Labute approximate surface area is 119 Å². The van der Waals surface area contributed by atoms with Crippen LogP contribution in [0.25, 0.3) is 0 Å². The molecule has 1 aliphatic rings. The van der Waals surface area contributed by atoms with Gasteiger partial charge in [0.2, 0.25) is 5.91 Å². The highest BCUT2D eigenvalue weighted by Crippen LogP contribution is 2.23. The van der Waals surface area contributed by atoms with Gasteiger partial charge in [-0.25, -0.2) is 0 Å². The van der Waals surface area contributed by atoms with Gasteiger partial charge in [-0.1, -0.05) is 43.4 Å². The van der Waals surface area contributed by atoms with Gasteiger partial charge in [0, 0.05) is 18.2 Å². The zero-order chi connectivity index (χ0) is 14.0. The normalized spacial score (nSPS) is 22.5. The third-order valence-corrected chi connectivity index (χ3v) is 3.93. The molecule has 0 radical (unpaired) electrons. The average Bonchev–Trinajstić information content (AvgIpc) is 2.69. The van der Waals surface area contributed by atoms with E-state index in [-0.39, 0.29) is 5.91 Å². The zero-order valence-electron chi connectivity index (χ0n) is 11.4. The number of carbonyl (C=O) groups is 1. The van der Waals surface area contributed by atoms with E-state index >= 15 is 0 Å². The smallest absolute Gasteiger partial charge is 0.227 e. The van der Waals surface area contributed by atoms with Gasteiger partial charge in [0.1, 0.15) is 4.99 Å². The molecule has 1 heterocycles. The van der Waals surface area contributed by atoms with Gasteiger partial charge >= 0.3 is 0 Å². The average molecular weight is 276 g/mol. The molecule has 2 unspecified atom stereocenters. The number of amides is 1. The maximum absolute atomic E-state index is 12.3. The predicted octanol–water partition coefficient (Wildman–Crippen LogP) is 2.12. The Kier molecular flexibility index (Phi) is 4.20. The van der Waals surface area contributed by atoms with Crippen molar-refractivity contribution >= 4 is 23.1 Å². The van der Waals surface area contributed by atoms with Crippen LogP contribution in [-0.2, 0) is 11.2 Å². The summed E-state index contributed by atoms with van der Waals surface area (Å²) < 4.78 is 0. The van der Waals surface area contributed by atoms with Crippen LogP contribution in [0.1, 0.15) is 31.4 Å². The van der Waals surface area contributed by atoms with Gasteiger partial charge in [-0.3, -0.25) is 4.79 Å². The van der Waals surface area contributed by atoms with Crippen molar-refractivity contribution in [2.75, 3.05) is 6.54 Å². The van der Waals surface area contributed by atoms with Gasteiger partial charge in [-0.05, 0) is 24.8 Å². The second-order valence-electron chi connectivity index (χ2n) is 5.47. The van der Waals surface area contributed by atoms with E-state index < -0.39 is 0 Å². The number of carbonyl (C=O) groups excluding carboxylic acids is 1. The molecule has 2 N–H and O–H groups in total. The highest BCUT2D eigenvalue weighted by atomic mass is 32.1. The van der Waals surface area contributed by atoms with Gasteiger partial charge in [0.15, 0.2) is 0 Å². The number of hydrogen-bond acceptors (Lipinski definition) is 2. The maximum atomic E-state index is 12.3. The Hall–Kier alpha value is -1.42. The Balaban J connectivity index is 2.01. The van der Waals surface area contributed by atoms with Crippen LogP contribution < -0.4 is 5.73 Å². The molecule has 2 rings (SSSR count). The fourth-order valence-corrected chi connectivity index (χ4v) is 2.85. The fourth-order valence-electron chi connectivity index (χ4n) is 2.71. The van der Waals surface area contributed by atoms with Gasteiger partial charge in [-0.15, -0.1) is 0 Å². The second kappa shape index (κ2) is 5.70. The summed E-state index contributed by atoms with van der Waals surface area (Å²) in [5.74, 6) is 0.816. The summed E-state index contributed by atoms with van der Waals surface area (Å²) in [4.78, 5) is 14.6. The van der Waals surface area contributed by atoms with Crippen molar-refractivity contribution in [2.24, 2.45) is 11.7 Å². The van der Waals surface area contributed by atoms with Crippen LogP contribution in [-0.4, -0.2) is 28.4 Å². The van der Waals surface area contributed by atoms with Crippen molar-refractivity contribution in [2.45, 2.75) is 32.7 Å². The standard InChI is InChI=1S/C15H20N2OS/c1-10-7-11(2)17(9-10)14(18)8-12-3-5-13(6-4-12)15(16)19/h3-6,10-11H,7-9H2,1-2H3,(H2,16,19). The Morgan fingerprint density at radius 1 is 1.37 bits per heavy atom. The lowest BCUT2D eigenvalue weighted by Gasteiger charge is -2.21. The number of rotatable bonds is 3. The molecule has 1 amide bonds. The lowest BCUT2D eigenvalue weighted by molar-refractivity contribution is -0.131. The Morgan fingerprint density at radius 2 is 2.00 bits per heavy atom. The highest BCUT2D eigenvalue weighted by molar-refractivity contribution is 7.80. The molecule has 0 saturated carbocycles. The minimum atomic E-state index is 0.208. The zero-order valence-corrected chi connectivity index (χ0v) is 12.2. The Morgan fingerprint density at radius 3 is 2.47 bits per heavy atom. The number of likely N-dealkylation sites (tertiary alicyclic amines) is 1. The molecule has 3 nitrogen and oxygen atoms in total. The first kappa shape index (κ1) is 14.0.